The molecule has 0 bridgehead atoms. The normalized spacial score (nSPS) is 13.5. The van der Waals surface area contributed by atoms with Crippen molar-refractivity contribution in [1.82, 2.24) is 4.48 Å². The van der Waals surface area contributed by atoms with E-state index in [0.29, 0.717) is 0 Å². The Morgan fingerprint density at radius 2 is 1.23 bits per heavy atom. The summed E-state index contributed by atoms with van der Waals surface area (Å²) in [5.74, 6) is 0. The van der Waals surface area contributed by atoms with Crippen molar-refractivity contribution in [2.24, 2.45) is 0 Å². The lowest BCUT2D eigenvalue weighted by Crippen LogP contribution is -2.57. The van der Waals surface area contributed by atoms with Gasteiger partial charge in [0.25, 0.3) is 0 Å². The molecule has 0 aliphatic carbocycles. The molecule has 0 spiro atoms. The second-order valence-electron chi connectivity index (χ2n) is 17.6. The summed E-state index contributed by atoms with van der Waals surface area (Å²) in [5.41, 5.74) is 16.8. The van der Waals surface area contributed by atoms with E-state index in [9.17, 15) is 0 Å². The van der Waals surface area contributed by atoms with Gasteiger partial charge in [0.2, 0.25) is 0 Å². The molecular weight excluding hydrogens is 751 g/mol. The maximum atomic E-state index is 7.06. The van der Waals surface area contributed by atoms with Crippen molar-refractivity contribution in [1.29, 1.82) is 0 Å². The molecule has 0 saturated carbocycles. The number of benzene rings is 8. The molecule has 2 aliphatic rings. The summed E-state index contributed by atoms with van der Waals surface area (Å²) in [4.78, 5) is 2.58. The predicted octanol–water partition coefficient (Wildman–Crippen LogP) is 14.2. The van der Waals surface area contributed by atoms with Gasteiger partial charge in [-0.2, -0.15) is 0 Å². The van der Waals surface area contributed by atoms with Crippen LogP contribution in [0, 0.1) is 0 Å². The van der Waals surface area contributed by atoms with E-state index < -0.39 is 0 Å². The van der Waals surface area contributed by atoms with Crippen molar-refractivity contribution in [3.63, 3.8) is 0 Å². The number of fused-ring (bicyclic) bond motifs is 17. The molecule has 0 radical (unpaired) electrons. The fourth-order valence-electron chi connectivity index (χ4n) is 10.7. The third-order valence-electron chi connectivity index (χ3n) is 13.3. The lowest BCUT2D eigenvalue weighted by molar-refractivity contribution is 0.590. The molecule has 14 rings (SSSR count). The Bertz CT molecular complexity index is 3840. The van der Waals surface area contributed by atoms with E-state index >= 15 is 0 Å². The van der Waals surface area contributed by atoms with Gasteiger partial charge in [-0.25, -0.2) is 0 Å². The molecule has 4 aromatic heterocycles. The van der Waals surface area contributed by atoms with E-state index in [1.165, 1.54) is 64.4 Å². The van der Waals surface area contributed by atoms with Crippen molar-refractivity contribution >= 4 is 121 Å². The molecule has 282 valence electrons. The highest BCUT2D eigenvalue weighted by Crippen LogP contribution is 2.53. The van der Waals surface area contributed by atoms with E-state index in [-0.39, 0.29) is 12.3 Å². The minimum atomic E-state index is -0.218. The zero-order valence-corrected chi connectivity index (χ0v) is 34.0. The second-order valence-corrected chi connectivity index (χ2v) is 18.6. The van der Waals surface area contributed by atoms with Gasteiger partial charge in [0.15, 0.2) is 5.71 Å². The van der Waals surface area contributed by atoms with Crippen LogP contribution in [0.5, 0.6) is 0 Å². The Labute approximate surface area is 349 Å². The summed E-state index contributed by atoms with van der Waals surface area (Å²) in [6, 6.07) is 58.0. The molecule has 0 fully saturated rings. The van der Waals surface area contributed by atoms with Crippen molar-refractivity contribution in [3.05, 3.63) is 163 Å². The number of hydrogen-bond donors (Lipinski definition) is 0. The van der Waals surface area contributed by atoms with Crippen molar-refractivity contribution < 1.29 is 8.83 Å². The van der Waals surface area contributed by atoms with Crippen LogP contribution in [0.2, 0.25) is 0 Å². The van der Waals surface area contributed by atoms with Gasteiger partial charge >= 0.3 is 6.85 Å². The zero-order valence-electron chi connectivity index (χ0n) is 33.2. The molecule has 4 nitrogen and oxygen atoms in total. The average Bonchev–Trinajstić information content (AvgIpc) is 4.03. The molecule has 0 N–H and O–H groups in total. The molecule has 60 heavy (non-hydrogen) atoms. The Kier molecular flexibility index (Phi) is 6.24. The monoisotopic (exact) mass is 786 g/mol. The van der Waals surface area contributed by atoms with Crippen LogP contribution >= 0.6 is 11.3 Å². The van der Waals surface area contributed by atoms with Gasteiger partial charge in [0.05, 0.1) is 11.1 Å². The van der Waals surface area contributed by atoms with Crippen molar-refractivity contribution in [3.8, 4) is 22.3 Å². The van der Waals surface area contributed by atoms with Crippen LogP contribution in [0.15, 0.2) is 167 Å². The van der Waals surface area contributed by atoms with Crippen molar-refractivity contribution in [2.75, 3.05) is 4.90 Å². The highest BCUT2D eigenvalue weighted by atomic mass is 32.1. The SMILES string of the molecule is CC(C)(C)c1ccc(N2c3cc4c(oc5ccccc54)c4c3B(c3c2ccc2sc5ccccc5c32)n2c3oc5ccccc5c3c3cccc-4c32)c(-c2ccccc2)c1. The number of para-hydroxylation sites is 3. The minimum absolute atomic E-state index is 0.0377. The highest BCUT2D eigenvalue weighted by molar-refractivity contribution is 7.26. The first-order valence-electron chi connectivity index (χ1n) is 20.8. The molecule has 0 unspecified atom stereocenters. The number of rotatable bonds is 2. The van der Waals surface area contributed by atoms with Crippen molar-refractivity contribution in [2.45, 2.75) is 26.2 Å². The smallest absolute Gasteiger partial charge is 0.336 e. The van der Waals surface area contributed by atoms with Gasteiger partial charge in [0, 0.05) is 64.5 Å². The third-order valence-corrected chi connectivity index (χ3v) is 14.5. The predicted molar refractivity (Wildman–Crippen MR) is 254 cm³/mol. The van der Waals surface area contributed by atoms with E-state index in [1.54, 1.807) is 0 Å². The third kappa shape index (κ3) is 4.11. The number of furan rings is 2. The Balaban J connectivity index is 1.23. The average molecular weight is 787 g/mol. The van der Waals surface area contributed by atoms with Crippen LogP contribution in [0.25, 0.3) is 97.3 Å². The first kappa shape index (κ1) is 32.9. The molecular formula is C54H35BN2O2S. The molecule has 12 aromatic rings. The van der Waals surface area contributed by atoms with E-state index in [0.717, 1.165) is 66.5 Å². The summed E-state index contributed by atoms with van der Waals surface area (Å²) >= 11 is 1.88. The summed E-state index contributed by atoms with van der Waals surface area (Å²) in [5, 5.41) is 8.30. The van der Waals surface area contributed by atoms with Gasteiger partial charge in [0.1, 0.15) is 16.7 Å². The molecule has 0 atom stereocenters. The topological polar surface area (TPSA) is 34.5 Å². The lowest BCUT2D eigenvalue weighted by atomic mass is 9.44. The maximum Gasteiger partial charge on any atom is 0.336 e. The number of aromatic nitrogens is 1. The Hall–Kier alpha value is -7.02. The van der Waals surface area contributed by atoms with Gasteiger partial charge in [-0.1, -0.05) is 130 Å². The first-order valence-corrected chi connectivity index (χ1v) is 21.6. The Morgan fingerprint density at radius 3 is 2.07 bits per heavy atom. The minimum Gasteiger partial charge on any atom is -0.455 e. The summed E-state index contributed by atoms with van der Waals surface area (Å²) in [7, 11) is 0. The zero-order chi connectivity index (χ0) is 39.6. The summed E-state index contributed by atoms with van der Waals surface area (Å²) in [6.07, 6.45) is 0. The standard InChI is InChI=1S/C54H35BN2O2S/c1-54(2,3)31-24-25-39(37(28-31)30-14-5-4-6-15-30)56-40-26-27-45-47(34-18-9-12-23-44(34)60-45)49(40)55-50-41(56)29-38-32-16-7-10-21-42(32)58-52(38)48(50)36-20-13-19-35-46-33-17-8-11-22-43(33)59-53(46)57(55)51(35)36/h4-29H,1-3H3. The van der Waals surface area contributed by atoms with Crippen LogP contribution < -0.4 is 15.8 Å². The van der Waals surface area contributed by atoms with Crippen LogP contribution in [0.1, 0.15) is 26.3 Å². The van der Waals surface area contributed by atoms with Crippen LogP contribution in [0.4, 0.5) is 17.1 Å². The molecule has 2 aliphatic heterocycles. The first-order chi connectivity index (χ1) is 29.4. The molecule has 8 aromatic carbocycles. The van der Waals surface area contributed by atoms with Crippen LogP contribution in [-0.2, 0) is 5.41 Å². The summed E-state index contributed by atoms with van der Waals surface area (Å²) < 4.78 is 19.2. The quantitative estimate of drug-likeness (QED) is 0.164. The molecule has 6 heterocycles. The van der Waals surface area contributed by atoms with E-state index in [2.05, 4.69) is 188 Å². The second kappa shape index (κ2) is 11.4. The van der Waals surface area contributed by atoms with Gasteiger partial charge < -0.3 is 18.2 Å². The highest BCUT2D eigenvalue weighted by Gasteiger charge is 2.47. The number of hydrogen-bond acceptors (Lipinski definition) is 4. The molecule has 0 saturated heterocycles. The van der Waals surface area contributed by atoms with E-state index in [4.69, 9.17) is 8.83 Å². The lowest BCUT2D eigenvalue weighted by Gasteiger charge is -2.41. The fourth-order valence-corrected chi connectivity index (χ4v) is 11.9. The van der Waals surface area contributed by atoms with E-state index in [1.807, 2.05) is 11.3 Å². The van der Waals surface area contributed by atoms with Gasteiger partial charge in [-0.3, -0.25) is 0 Å². The van der Waals surface area contributed by atoms with Crippen LogP contribution in [-0.4, -0.2) is 11.3 Å². The maximum absolute atomic E-state index is 7.06. The number of nitrogens with zero attached hydrogens (tertiary/aromatic N) is 2. The number of anilines is 3. The van der Waals surface area contributed by atoms with Crippen LogP contribution in [0.3, 0.4) is 0 Å². The van der Waals surface area contributed by atoms with Gasteiger partial charge in [-0.05, 0) is 86.8 Å². The molecule has 0 amide bonds. The Morgan fingerprint density at radius 1 is 0.517 bits per heavy atom. The number of thiophene rings is 1. The fraction of sp³-hybridized carbons (Fsp3) is 0.0741. The largest absolute Gasteiger partial charge is 0.455 e. The molecule has 6 heteroatoms. The van der Waals surface area contributed by atoms with Gasteiger partial charge in [-0.15, -0.1) is 11.3 Å². The summed E-state index contributed by atoms with van der Waals surface area (Å²) in [6.45, 7) is 6.69.